The molecule has 0 spiro atoms. The molecule has 1 aliphatic rings. The van der Waals surface area contributed by atoms with Crippen LogP contribution in [0.1, 0.15) is 64.1 Å². The van der Waals surface area contributed by atoms with E-state index in [1.807, 2.05) is 38.1 Å². The summed E-state index contributed by atoms with van der Waals surface area (Å²) < 4.78 is 3.39. The van der Waals surface area contributed by atoms with E-state index in [1.54, 1.807) is 11.3 Å². The third-order valence-corrected chi connectivity index (χ3v) is 8.01. The van der Waals surface area contributed by atoms with Crippen LogP contribution in [0.4, 0.5) is 0 Å². The first-order chi connectivity index (χ1) is 15.5. The lowest BCUT2D eigenvalue weighted by Gasteiger charge is -2.35. The number of thiophene rings is 1. The number of rotatable bonds is 8. The van der Waals surface area contributed by atoms with Crippen LogP contribution in [0.2, 0.25) is 0 Å². The molecular weight excluding hydrogens is 420 g/mol. The first-order valence-electron chi connectivity index (χ1n) is 12.0. The number of piperidine rings is 1. The van der Waals surface area contributed by atoms with Gasteiger partial charge >= 0.3 is 0 Å². The zero-order valence-electron chi connectivity index (χ0n) is 19.4. The highest BCUT2D eigenvalue weighted by Gasteiger charge is 2.24. The Bertz CT molecular complexity index is 1150. The summed E-state index contributed by atoms with van der Waals surface area (Å²) in [5, 5.41) is 9.25. The van der Waals surface area contributed by atoms with Crippen LogP contribution in [0, 0.1) is 6.92 Å². The molecule has 3 aromatic rings. The number of aromatic nitrogens is 2. The number of amides is 1. The Morgan fingerprint density at radius 3 is 2.88 bits per heavy atom. The average molecular weight is 455 g/mol. The van der Waals surface area contributed by atoms with E-state index >= 15 is 0 Å². The highest BCUT2D eigenvalue weighted by Crippen LogP contribution is 2.33. The third kappa shape index (κ3) is 4.46. The summed E-state index contributed by atoms with van der Waals surface area (Å²) in [5.74, 6) is -0.119. The van der Waals surface area contributed by atoms with Crippen molar-refractivity contribution in [2.24, 2.45) is 0 Å². The SMILES string of the molecule is CC[C@@H]1CCCCN1CCCNC(=O)[C@@H](CC)n1nc(C)c2sc3ccccc3c2c1=O. The lowest BCUT2D eigenvalue weighted by molar-refractivity contribution is -0.124. The van der Waals surface area contributed by atoms with Gasteiger partial charge in [0.2, 0.25) is 5.91 Å². The molecule has 1 fully saturated rings. The van der Waals surface area contributed by atoms with Gasteiger partial charge in [-0.05, 0) is 51.6 Å². The van der Waals surface area contributed by atoms with E-state index in [9.17, 15) is 9.59 Å². The van der Waals surface area contributed by atoms with Crippen molar-refractivity contribution in [2.75, 3.05) is 19.6 Å². The molecule has 0 bridgehead atoms. The maximum Gasteiger partial charge on any atom is 0.276 e. The fourth-order valence-corrected chi connectivity index (χ4v) is 6.12. The number of carbonyl (C=O) groups is 1. The molecule has 0 aliphatic carbocycles. The van der Waals surface area contributed by atoms with Gasteiger partial charge in [0, 0.05) is 29.2 Å². The molecule has 172 valence electrons. The Kier molecular flexibility index (Phi) is 7.26. The van der Waals surface area contributed by atoms with E-state index in [-0.39, 0.29) is 11.5 Å². The molecule has 1 N–H and O–H groups in total. The maximum atomic E-state index is 13.4. The maximum absolute atomic E-state index is 13.4. The van der Waals surface area contributed by atoms with E-state index in [2.05, 4.69) is 22.2 Å². The van der Waals surface area contributed by atoms with Gasteiger partial charge in [-0.2, -0.15) is 5.10 Å². The van der Waals surface area contributed by atoms with Crippen LogP contribution >= 0.6 is 11.3 Å². The molecule has 1 aliphatic heterocycles. The molecule has 7 heteroatoms. The fraction of sp³-hybridized carbons (Fsp3) is 0.560. The summed E-state index contributed by atoms with van der Waals surface area (Å²) in [4.78, 5) is 29.0. The van der Waals surface area contributed by atoms with Gasteiger partial charge in [0.1, 0.15) is 6.04 Å². The predicted molar refractivity (Wildman–Crippen MR) is 133 cm³/mol. The zero-order valence-corrected chi connectivity index (χ0v) is 20.2. The minimum absolute atomic E-state index is 0.119. The van der Waals surface area contributed by atoms with Crippen molar-refractivity contribution in [2.45, 2.75) is 71.4 Å². The smallest absolute Gasteiger partial charge is 0.276 e. The van der Waals surface area contributed by atoms with Gasteiger partial charge in [0.05, 0.1) is 15.8 Å². The van der Waals surface area contributed by atoms with Crippen molar-refractivity contribution >= 4 is 37.4 Å². The van der Waals surface area contributed by atoms with Crippen molar-refractivity contribution in [1.82, 2.24) is 20.0 Å². The molecule has 0 saturated carbocycles. The van der Waals surface area contributed by atoms with Gasteiger partial charge in [0.25, 0.3) is 5.56 Å². The van der Waals surface area contributed by atoms with Crippen molar-refractivity contribution in [3.05, 3.63) is 40.3 Å². The molecule has 0 unspecified atom stereocenters. The Morgan fingerprint density at radius 2 is 2.09 bits per heavy atom. The highest BCUT2D eigenvalue weighted by atomic mass is 32.1. The van der Waals surface area contributed by atoms with Crippen molar-refractivity contribution in [3.63, 3.8) is 0 Å². The summed E-state index contributed by atoms with van der Waals surface area (Å²) in [6.07, 6.45) is 6.53. The molecule has 2 aromatic heterocycles. The quantitative estimate of drug-likeness (QED) is 0.504. The molecule has 1 aromatic carbocycles. The van der Waals surface area contributed by atoms with Crippen LogP contribution < -0.4 is 10.9 Å². The van der Waals surface area contributed by atoms with E-state index in [4.69, 9.17) is 0 Å². The lowest BCUT2D eigenvalue weighted by atomic mass is 10.00. The summed E-state index contributed by atoms with van der Waals surface area (Å²) >= 11 is 1.59. The minimum atomic E-state index is -0.595. The number of hydrogen-bond acceptors (Lipinski definition) is 5. The molecule has 6 nitrogen and oxygen atoms in total. The van der Waals surface area contributed by atoms with Gasteiger partial charge in [0.15, 0.2) is 0 Å². The molecule has 4 rings (SSSR count). The minimum Gasteiger partial charge on any atom is -0.354 e. The van der Waals surface area contributed by atoms with Crippen molar-refractivity contribution < 1.29 is 4.79 Å². The van der Waals surface area contributed by atoms with Crippen LogP contribution in [0.5, 0.6) is 0 Å². The van der Waals surface area contributed by atoms with E-state index in [0.717, 1.165) is 40.0 Å². The van der Waals surface area contributed by atoms with Crippen LogP contribution in [-0.2, 0) is 4.79 Å². The van der Waals surface area contributed by atoms with Gasteiger partial charge in [-0.25, -0.2) is 4.68 Å². The number of carbonyl (C=O) groups excluding carboxylic acids is 1. The number of benzene rings is 1. The largest absolute Gasteiger partial charge is 0.354 e. The summed E-state index contributed by atoms with van der Waals surface area (Å²) in [6.45, 7) is 8.91. The number of nitrogens with zero attached hydrogens (tertiary/aromatic N) is 3. The highest BCUT2D eigenvalue weighted by molar-refractivity contribution is 7.26. The summed E-state index contributed by atoms with van der Waals surface area (Å²) in [7, 11) is 0. The predicted octanol–water partition coefficient (Wildman–Crippen LogP) is 4.64. The molecular formula is C25H34N4O2S. The fourth-order valence-electron chi connectivity index (χ4n) is 4.99. The second kappa shape index (κ2) is 10.1. The Labute approximate surface area is 193 Å². The summed E-state index contributed by atoms with van der Waals surface area (Å²) in [6, 6.07) is 8.02. The Balaban J connectivity index is 1.48. The normalized spacial score (nSPS) is 18.3. The van der Waals surface area contributed by atoms with Crippen LogP contribution in [0.25, 0.3) is 20.2 Å². The van der Waals surface area contributed by atoms with Gasteiger partial charge in [-0.15, -0.1) is 11.3 Å². The Morgan fingerprint density at radius 1 is 1.28 bits per heavy atom. The second-order valence-corrected chi connectivity index (χ2v) is 9.85. The molecule has 32 heavy (non-hydrogen) atoms. The van der Waals surface area contributed by atoms with Crippen LogP contribution in [0.15, 0.2) is 29.1 Å². The average Bonchev–Trinajstić information content (AvgIpc) is 3.21. The number of aryl methyl sites for hydroxylation is 1. The number of nitrogens with one attached hydrogen (secondary N) is 1. The van der Waals surface area contributed by atoms with Crippen molar-refractivity contribution in [1.29, 1.82) is 0 Å². The zero-order chi connectivity index (χ0) is 22.7. The van der Waals surface area contributed by atoms with Gasteiger partial charge < -0.3 is 10.2 Å². The van der Waals surface area contributed by atoms with E-state index in [0.29, 0.717) is 24.4 Å². The number of likely N-dealkylation sites (tertiary alicyclic amines) is 1. The number of fused-ring (bicyclic) bond motifs is 3. The van der Waals surface area contributed by atoms with Crippen LogP contribution in [-0.4, -0.2) is 46.3 Å². The molecule has 3 heterocycles. The van der Waals surface area contributed by atoms with Gasteiger partial charge in [-0.1, -0.05) is 38.5 Å². The second-order valence-electron chi connectivity index (χ2n) is 8.80. The first-order valence-corrected chi connectivity index (χ1v) is 12.8. The van der Waals surface area contributed by atoms with E-state index in [1.165, 1.54) is 30.4 Å². The monoisotopic (exact) mass is 454 g/mol. The topological polar surface area (TPSA) is 67.2 Å². The van der Waals surface area contributed by atoms with Crippen molar-refractivity contribution in [3.8, 4) is 0 Å². The lowest BCUT2D eigenvalue weighted by Crippen LogP contribution is -2.42. The standard InChI is InChI=1S/C25H34N4O2S/c1-4-18-11-8-9-15-28(18)16-10-14-26-24(30)20(5-2)29-25(31)22-19-12-6-7-13-21(19)32-23(22)17(3)27-29/h6-7,12-13,18,20H,4-5,8-11,14-16H2,1-3H3,(H,26,30)/t18-,20-/m1/s1. The Hall–Kier alpha value is -2.25. The number of hydrogen-bond donors (Lipinski definition) is 1. The van der Waals surface area contributed by atoms with Crippen LogP contribution in [0.3, 0.4) is 0 Å². The van der Waals surface area contributed by atoms with E-state index < -0.39 is 6.04 Å². The molecule has 1 amide bonds. The molecule has 1 saturated heterocycles. The third-order valence-electron chi connectivity index (χ3n) is 6.73. The first kappa shape index (κ1) is 22.9. The van der Waals surface area contributed by atoms with Gasteiger partial charge in [-0.3, -0.25) is 9.59 Å². The molecule has 0 radical (unpaired) electrons. The molecule has 2 atom stereocenters. The summed E-state index contributed by atoms with van der Waals surface area (Å²) in [5.41, 5.74) is 0.618.